The second-order valence-corrected chi connectivity index (χ2v) is 8.51. The molecule has 0 saturated heterocycles. The Kier molecular flexibility index (Phi) is 10.4. The molecular formula is C23H42O2. The zero-order chi connectivity index (χ0) is 19.7. The minimum atomic E-state index is -0.0238. The molecule has 0 aromatic rings. The van der Waals surface area contributed by atoms with Crippen LogP contribution in [-0.2, 0) is 9.53 Å². The standard InChI is InChI=1S/C21H36O2.C2H6/c1-8-23-19(22)17-11-13-18(14-12-17)21(6,7)15-9-10-16(2)20(3,4)5;1-2/h10,13,17H,8-9,11-12,14-15H2,1-7H3;1-2H3/b16-10+;. The predicted octanol–water partition coefficient (Wildman–Crippen LogP) is 7.10. The van der Waals surface area contributed by atoms with Crippen LogP contribution in [0.2, 0.25) is 0 Å². The summed E-state index contributed by atoms with van der Waals surface area (Å²) in [5.41, 5.74) is 3.46. The summed E-state index contributed by atoms with van der Waals surface area (Å²) in [5, 5.41) is 0. The molecule has 1 rings (SSSR count). The van der Waals surface area contributed by atoms with Gasteiger partial charge in [-0.05, 0) is 56.8 Å². The van der Waals surface area contributed by atoms with Gasteiger partial charge in [-0.15, -0.1) is 0 Å². The quantitative estimate of drug-likeness (QED) is 0.377. The Balaban J connectivity index is 0.00000277. The molecule has 0 amide bonds. The normalized spacial score (nSPS) is 18.8. The lowest BCUT2D eigenvalue weighted by molar-refractivity contribution is -0.148. The molecule has 2 nitrogen and oxygen atoms in total. The molecule has 1 unspecified atom stereocenters. The van der Waals surface area contributed by atoms with Crippen LogP contribution in [0.25, 0.3) is 0 Å². The molecule has 0 spiro atoms. The lowest BCUT2D eigenvalue weighted by atomic mass is 9.73. The Hall–Kier alpha value is -1.05. The molecular weight excluding hydrogens is 308 g/mol. The second kappa shape index (κ2) is 10.8. The van der Waals surface area contributed by atoms with Gasteiger partial charge in [0.25, 0.3) is 0 Å². The van der Waals surface area contributed by atoms with Gasteiger partial charge < -0.3 is 4.74 Å². The van der Waals surface area contributed by atoms with Crippen molar-refractivity contribution in [1.82, 2.24) is 0 Å². The van der Waals surface area contributed by atoms with Gasteiger partial charge in [0.15, 0.2) is 0 Å². The fourth-order valence-corrected chi connectivity index (χ4v) is 3.04. The first kappa shape index (κ1) is 23.9. The maximum absolute atomic E-state index is 11.8. The number of allylic oxidation sites excluding steroid dienone is 4. The third-order valence-corrected chi connectivity index (χ3v) is 5.30. The van der Waals surface area contributed by atoms with Gasteiger partial charge in [-0.2, -0.15) is 0 Å². The number of carbonyl (C=O) groups is 1. The molecule has 0 aromatic carbocycles. The maximum atomic E-state index is 11.8. The summed E-state index contributed by atoms with van der Waals surface area (Å²) in [6.07, 6.45) is 9.78. The molecule has 2 heteroatoms. The van der Waals surface area contributed by atoms with E-state index < -0.39 is 0 Å². The van der Waals surface area contributed by atoms with E-state index in [4.69, 9.17) is 4.74 Å². The fourth-order valence-electron chi connectivity index (χ4n) is 3.04. The Bertz CT molecular complexity index is 461. The molecule has 0 aliphatic heterocycles. The molecule has 0 fully saturated rings. The van der Waals surface area contributed by atoms with Gasteiger partial charge in [0, 0.05) is 0 Å². The molecule has 0 heterocycles. The van der Waals surface area contributed by atoms with E-state index in [-0.39, 0.29) is 22.7 Å². The van der Waals surface area contributed by atoms with Crippen molar-refractivity contribution >= 4 is 5.97 Å². The summed E-state index contributed by atoms with van der Waals surface area (Å²) in [6.45, 7) is 20.1. The first-order chi connectivity index (χ1) is 11.6. The lowest BCUT2D eigenvalue weighted by Gasteiger charge is -2.32. The largest absolute Gasteiger partial charge is 0.466 e. The van der Waals surface area contributed by atoms with Crippen LogP contribution in [0.1, 0.15) is 94.4 Å². The Morgan fingerprint density at radius 1 is 1.24 bits per heavy atom. The summed E-state index contributed by atoms with van der Waals surface area (Å²) >= 11 is 0. The molecule has 25 heavy (non-hydrogen) atoms. The minimum Gasteiger partial charge on any atom is -0.466 e. The van der Waals surface area contributed by atoms with E-state index in [1.54, 1.807) is 0 Å². The van der Waals surface area contributed by atoms with Gasteiger partial charge in [-0.25, -0.2) is 0 Å². The molecule has 0 bridgehead atoms. The zero-order valence-electron chi connectivity index (χ0n) is 18.3. The van der Waals surface area contributed by atoms with Gasteiger partial charge in [0.2, 0.25) is 0 Å². The van der Waals surface area contributed by atoms with E-state index in [9.17, 15) is 4.79 Å². The van der Waals surface area contributed by atoms with Crippen LogP contribution in [0, 0.1) is 16.7 Å². The molecule has 1 atom stereocenters. The van der Waals surface area contributed by atoms with Crippen molar-refractivity contribution in [2.24, 2.45) is 16.7 Å². The zero-order valence-corrected chi connectivity index (χ0v) is 18.3. The number of rotatable bonds is 6. The highest BCUT2D eigenvalue weighted by Gasteiger charge is 2.29. The number of esters is 1. The predicted molar refractivity (Wildman–Crippen MR) is 110 cm³/mol. The summed E-state index contributed by atoms with van der Waals surface area (Å²) < 4.78 is 5.15. The van der Waals surface area contributed by atoms with Crippen molar-refractivity contribution in [2.75, 3.05) is 6.61 Å². The second-order valence-electron chi connectivity index (χ2n) is 8.51. The van der Waals surface area contributed by atoms with E-state index in [2.05, 4.69) is 53.7 Å². The van der Waals surface area contributed by atoms with E-state index in [0.29, 0.717) is 6.61 Å². The SMILES string of the molecule is CC.CCOC(=O)C1CC=C(C(C)(C)CC/C=C(\C)C(C)(C)C)CC1. The summed E-state index contributed by atoms with van der Waals surface area (Å²) in [5.74, 6) is 0.0434. The molecule has 1 aliphatic carbocycles. The Morgan fingerprint density at radius 2 is 1.84 bits per heavy atom. The molecule has 0 radical (unpaired) electrons. The lowest BCUT2D eigenvalue weighted by Crippen LogP contribution is -2.24. The van der Waals surface area contributed by atoms with E-state index in [1.165, 1.54) is 11.1 Å². The maximum Gasteiger partial charge on any atom is 0.309 e. The summed E-state index contributed by atoms with van der Waals surface area (Å²) in [7, 11) is 0. The first-order valence-corrected chi connectivity index (χ1v) is 10.1. The van der Waals surface area contributed by atoms with Gasteiger partial charge in [0.1, 0.15) is 0 Å². The Morgan fingerprint density at radius 3 is 2.28 bits per heavy atom. The average molecular weight is 351 g/mol. The molecule has 0 saturated carbocycles. The first-order valence-electron chi connectivity index (χ1n) is 10.1. The van der Waals surface area contributed by atoms with E-state index in [0.717, 1.165) is 32.1 Å². The van der Waals surface area contributed by atoms with Gasteiger partial charge in [-0.3, -0.25) is 4.79 Å². The van der Waals surface area contributed by atoms with Crippen molar-refractivity contribution in [2.45, 2.75) is 94.4 Å². The molecule has 0 aromatic heterocycles. The molecule has 146 valence electrons. The highest BCUT2D eigenvalue weighted by molar-refractivity contribution is 5.72. The highest BCUT2D eigenvalue weighted by Crippen LogP contribution is 2.39. The van der Waals surface area contributed by atoms with Crippen molar-refractivity contribution in [1.29, 1.82) is 0 Å². The Labute approximate surface area is 157 Å². The number of ether oxygens (including phenoxy) is 1. The van der Waals surface area contributed by atoms with Gasteiger partial charge in [-0.1, -0.05) is 71.8 Å². The number of carbonyl (C=O) groups excluding carboxylic acids is 1. The van der Waals surface area contributed by atoms with Crippen molar-refractivity contribution < 1.29 is 9.53 Å². The minimum absolute atomic E-state index is 0.0238. The van der Waals surface area contributed by atoms with Gasteiger partial charge >= 0.3 is 5.97 Å². The number of hydrogen-bond donors (Lipinski definition) is 0. The molecule has 1 aliphatic rings. The van der Waals surface area contributed by atoms with Crippen molar-refractivity contribution in [3.63, 3.8) is 0 Å². The third-order valence-electron chi connectivity index (χ3n) is 5.30. The molecule has 0 N–H and O–H groups in total. The summed E-state index contributed by atoms with van der Waals surface area (Å²) in [6, 6.07) is 0. The van der Waals surface area contributed by atoms with Crippen LogP contribution >= 0.6 is 0 Å². The number of hydrogen-bond acceptors (Lipinski definition) is 2. The van der Waals surface area contributed by atoms with Gasteiger partial charge in [0.05, 0.1) is 12.5 Å². The fraction of sp³-hybridized carbons (Fsp3) is 0.783. The van der Waals surface area contributed by atoms with Crippen molar-refractivity contribution in [3.05, 3.63) is 23.3 Å². The van der Waals surface area contributed by atoms with Crippen LogP contribution in [0.4, 0.5) is 0 Å². The average Bonchev–Trinajstić information content (AvgIpc) is 2.56. The third kappa shape index (κ3) is 8.25. The monoisotopic (exact) mass is 350 g/mol. The van der Waals surface area contributed by atoms with Crippen LogP contribution in [0.5, 0.6) is 0 Å². The van der Waals surface area contributed by atoms with Crippen LogP contribution < -0.4 is 0 Å². The topological polar surface area (TPSA) is 26.3 Å². The smallest absolute Gasteiger partial charge is 0.309 e. The van der Waals surface area contributed by atoms with Crippen LogP contribution in [-0.4, -0.2) is 12.6 Å². The van der Waals surface area contributed by atoms with E-state index in [1.807, 2.05) is 20.8 Å². The van der Waals surface area contributed by atoms with Crippen molar-refractivity contribution in [3.8, 4) is 0 Å². The highest BCUT2D eigenvalue weighted by atomic mass is 16.5. The van der Waals surface area contributed by atoms with Crippen LogP contribution in [0.15, 0.2) is 23.3 Å². The summed E-state index contributed by atoms with van der Waals surface area (Å²) in [4.78, 5) is 11.8. The van der Waals surface area contributed by atoms with Crippen LogP contribution in [0.3, 0.4) is 0 Å². The van der Waals surface area contributed by atoms with E-state index >= 15 is 0 Å².